The van der Waals surface area contributed by atoms with E-state index in [1.807, 2.05) is 0 Å². The molecule has 0 radical (unpaired) electrons. The molecule has 1 aromatic rings. The van der Waals surface area contributed by atoms with Crippen LogP contribution in [0.5, 0.6) is 0 Å². The third-order valence-corrected chi connectivity index (χ3v) is 1.51. The molecule has 0 aliphatic carbocycles. The number of hydrogen-bond acceptors (Lipinski definition) is 1. The Hall–Kier alpha value is -1.65. The number of amides is 2. The highest BCUT2D eigenvalue weighted by Gasteiger charge is 2.04. The molecule has 0 saturated heterocycles. The number of urea groups is 1. The third-order valence-electron chi connectivity index (χ3n) is 1.51. The van der Waals surface area contributed by atoms with E-state index >= 15 is 0 Å². The van der Waals surface area contributed by atoms with Crippen LogP contribution in [0.2, 0.25) is 0 Å². The van der Waals surface area contributed by atoms with Gasteiger partial charge in [0.25, 0.3) is 0 Å². The summed E-state index contributed by atoms with van der Waals surface area (Å²) in [4.78, 5) is 11.0. The normalized spacial score (nSPS) is 9.64. The maximum atomic E-state index is 12.7. The summed E-state index contributed by atoms with van der Waals surface area (Å²) < 4.78 is 25.1. The predicted octanol–water partition coefficient (Wildman–Crippen LogP) is 2.11. The van der Waals surface area contributed by atoms with Crippen LogP contribution in [0.25, 0.3) is 0 Å². The van der Waals surface area contributed by atoms with Gasteiger partial charge in [0.15, 0.2) is 11.6 Å². The fourth-order valence-corrected chi connectivity index (χ4v) is 0.910. The van der Waals surface area contributed by atoms with Crippen molar-refractivity contribution in [2.75, 3.05) is 11.9 Å². The lowest BCUT2D eigenvalue weighted by atomic mass is 10.3. The second kappa shape index (κ2) is 4.55. The minimum Gasteiger partial charge on any atom is -0.338 e. The smallest absolute Gasteiger partial charge is 0.319 e. The first-order valence-electron chi connectivity index (χ1n) is 4.13. The molecule has 0 unspecified atom stereocenters. The monoisotopic (exact) mass is 200 g/mol. The van der Waals surface area contributed by atoms with E-state index < -0.39 is 17.7 Å². The largest absolute Gasteiger partial charge is 0.338 e. The van der Waals surface area contributed by atoms with Crippen molar-refractivity contribution in [3.05, 3.63) is 29.8 Å². The van der Waals surface area contributed by atoms with Crippen molar-refractivity contribution in [3.8, 4) is 0 Å². The summed E-state index contributed by atoms with van der Waals surface area (Å²) in [5, 5.41) is 4.82. The second-order valence-electron chi connectivity index (χ2n) is 2.61. The van der Waals surface area contributed by atoms with Crippen LogP contribution in [0, 0.1) is 11.6 Å². The lowest BCUT2D eigenvalue weighted by Gasteiger charge is -2.05. The molecule has 2 N–H and O–H groups in total. The van der Waals surface area contributed by atoms with E-state index in [-0.39, 0.29) is 5.69 Å². The van der Waals surface area contributed by atoms with Gasteiger partial charge in [0, 0.05) is 18.3 Å². The van der Waals surface area contributed by atoms with Gasteiger partial charge in [-0.25, -0.2) is 13.6 Å². The van der Waals surface area contributed by atoms with Crippen molar-refractivity contribution in [1.82, 2.24) is 5.32 Å². The lowest BCUT2D eigenvalue weighted by molar-refractivity contribution is 0.252. The number of hydrogen-bond donors (Lipinski definition) is 2. The molecule has 0 aromatic heterocycles. The number of benzene rings is 1. The van der Waals surface area contributed by atoms with E-state index in [4.69, 9.17) is 0 Å². The SMILES string of the molecule is CCNC(=O)Nc1ccc(F)c(F)c1. The molecule has 0 fully saturated rings. The summed E-state index contributed by atoms with van der Waals surface area (Å²) in [7, 11) is 0. The first kappa shape index (κ1) is 10.4. The molecule has 0 aliphatic rings. The maximum Gasteiger partial charge on any atom is 0.319 e. The molecule has 0 atom stereocenters. The first-order valence-corrected chi connectivity index (χ1v) is 4.13. The summed E-state index contributed by atoms with van der Waals surface area (Å²) in [5.74, 6) is -1.93. The van der Waals surface area contributed by atoms with Gasteiger partial charge in [0.1, 0.15) is 0 Å². The Bertz CT molecular complexity index is 342. The van der Waals surface area contributed by atoms with Gasteiger partial charge in [-0.3, -0.25) is 0 Å². The van der Waals surface area contributed by atoms with E-state index in [1.54, 1.807) is 6.92 Å². The molecule has 5 heteroatoms. The molecule has 0 aliphatic heterocycles. The Balaban J connectivity index is 2.68. The maximum absolute atomic E-state index is 12.7. The highest BCUT2D eigenvalue weighted by Crippen LogP contribution is 2.12. The molecule has 0 bridgehead atoms. The molecule has 0 saturated carbocycles. The summed E-state index contributed by atoms with van der Waals surface area (Å²) in [6.07, 6.45) is 0. The summed E-state index contributed by atoms with van der Waals surface area (Å²) in [6, 6.07) is 2.72. The number of rotatable bonds is 2. The van der Waals surface area contributed by atoms with Gasteiger partial charge in [0.05, 0.1) is 0 Å². The zero-order valence-electron chi connectivity index (χ0n) is 7.60. The van der Waals surface area contributed by atoms with Crippen LogP contribution >= 0.6 is 0 Å². The van der Waals surface area contributed by atoms with Crippen molar-refractivity contribution in [2.24, 2.45) is 0 Å². The number of anilines is 1. The van der Waals surface area contributed by atoms with Crippen LogP contribution in [0.1, 0.15) is 6.92 Å². The average Bonchev–Trinajstić information content (AvgIpc) is 2.12. The zero-order valence-corrected chi connectivity index (χ0v) is 7.60. The highest BCUT2D eigenvalue weighted by molar-refractivity contribution is 5.89. The molecule has 14 heavy (non-hydrogen) atoms. The number of carbonyl (C=O) groups excluding carboxylic acids is 1. The van der Waals surface area contributed by atoms with Crippen molar-refractivity contribution in [3.63, 3.8) is 0 Å². The Morgan fingerprint density at radius 2 is 2.07 bits per heavy atom. The van der Waals surface area contributed by atoms with Crippen molar-refractivity contribution >= 4 is 11.7 Å². The predicted molar refractivity (Wildman–Crippen MR) is 49.1 cm³/mol. The van der Waals surface area contributed by atoms with Crippen LogP contribution in [-0.2, 0) is 0 Å². The molecule has 76 valence electrons. The fraction of sp³-hybridized carbons (Fsp3) is 0.222. The second-order valence-corrected chi connectivity index (χ2v) is 2.61. The summed E-state index contributed by atoms with van der Waals surface area (Å²) in [5.41, 5.74) is 0.217. The van der Waals surface area contributed by atoms with Crippen LogP contribution < -0.4 is 10.6 Å². The number of halogens is 2. The molecular formula is C9H10F2N2O. The Labute approximate surface area is 80.1 Å². The van der Waals surface area contributed by atoms with Crippen LogP contribution in [0.4, 0.5) is 19.3 Å². The average molecular weight is 200 g/mol. The Kier molecular flexibility index (Phi) is 3.39. The molecule has 1 aromatic carbocycles. The molecule has 3 nitrogen and oxygen atoms in total. The minimum atomic E-state index is -0.987. The molecule has 2 amide bonds. The topological polar surface area (TPSA) is 41.1 Å². The summed E-state index contributed by atoms with van der Waals surface area (Å²) >= 11 is 0. The lowest BCUT2D eigenvalue weighted by Crippen LogP contribution is -2.28. The van der Waals surface area contributed by atoms with Gasteiger partial charge >= 0.3 is 6.03 Å². The van der Waals surface area contributed by atoms with Gasteiger partial charge in [-0.1, -0.05) is 0 Å². The minimum absolute atomic E-state index is 0.217. The Morgan fingerprint density at radius 1 is 1.36 bits per heavy atom. The highest BCUT2D eigenvalue weighted by atomic mass is 19.2. The van der Waals surface area contributed by atoms with Gasteiger partial charge < -0.3 is 10.6 Å². The van der Waals surface area contributed by atoms with E-state index in [0.717, 1.165) is 12.1 Å². The van der Waals surface area contributed by atoms with E-state index in [2.05, 4.69) is 10.6 Å². The molecule has 0 heterocycles. The van der Waals surface area contributed by atoms with Gasteiger partial charge in [-0.15, -0.1) is 0 Å². The van der Waals surface area contributed by atoms with Crippen molar-refractivity contribution in [2.45, 2.75) is 6.92 Å². The number of nitrogens with one attached hydrogen (secondary N) is 2. The zero-order chi connectivity index (χ0) is 10.6. The van der Waals surface area contributed by atoms with Crippen LogP contribution in [-0.4, -0.2) is 12.6 Å². The van der Waals surface area contributed by atoms with Crippen LogP contribution in [0.3, 0.4) is 0 Å². The van der Waals surface area contributed by atoms with Crippen molar-refractivity contribution < 1.29 is 13.6 Å². The van der Waals surface area contributed by atoms with Gasteiger partial charge in [0.2, 0.25) is 0 Å². The first-order chi connectivity index (χ1) is 6.63. The van der Waals surface area contributed by atoms with Gasteiger partial charge in [-0.2, -0.15) is 0 Å². The van der Waals surface area contributed by atoms with E-state index in [1.165, 1.54) is 6.07 Å². The van der Waals surface area contributed by atoms with E-state index in [0.29, 0.717) is 6.54 Å². The Morgan fingerprint density at radius 3 is 2.64 bits per heavy atom. The van der Waals surface area contributed by atoms with Crippen molar-refractivity contribution in [1.29, 1.82) is 0 Å². The molecule has 1 rings (SSSR count). The molecular weight excluding hydrogens is 190 g/mol. The van der Waals surface area contributed by atoms with Gasteiger partial charge in [-0.05, 0) is 19.1 Å². The quantitative estimate of drug-likeness (QED) is 0.754. The third kappa shape index (κ3) is 2.69. The van der Waals surface area contributed by atoms with Crippen LogP contribution in [0.15, 0.2) is 18.2 Å². The number of carbonyl (C=O) groups is 1. The van der Waals surface area contributed by atoms with E-state index in [9.17, 15) is 13.6 Å². The molecule has 0 spiro atoms. The summed E-state index contributed by atoms with van der Waals surface area (Å²) in [6.45, 7) is 2.22. The fourth-order valence-electron chi connectivity index (χ4n) is 0.910. The standard InChI is InChI=1S/C9H10F2N2O/c1-2-12-9(14)13-6-3-4-7(10)8(11)5-6/h3-5H,2H2,1H3,(H2,12,13,14).